The Morgan fingerprint density at radius 2 is 2.06 bits per heavy atom. The molecule has 0 radical (unpaired) electrons. The summed E-state index contributed by atoms with van der Waals surface area (Å²) in [6, 6.07) is 4.39. The first-order chi connectivity index (χ1) is 7.82. The highest BCUT2D eigenvalue weighted by atomic mass is 35.5. The number of hydrogen-bond donors (Lipinski definition) is 2. The molecule has 1 aromatic carbocycles. The normalized spacial score (nSPS) is 13.1. The van der Waals surface area contributed by atoms with Gasteiger partial charge in [-0.25, -0.2) is 8.42 Å². The number of amides is 1. The zero-order valence-corrected chi connectivity index (χ0v) is 11.0. The second-order valence-electron chi connectivity index (χ2n) is 3.46. The molecule has 0 saturated heterocycles. The third-order valence-electron chi connectivity index (χ3n) is 2.36. The number of halogens is 1. The number of sulfone groups is 1. The molecule has 7 heteroatoms. The fourth-order valence-electron chi connectivity index (χ4n) is 1.35. The van der Waals surface area contributed by atoms with Gasteiger partial charge < -0.3 is 11.1 Å². The average molecular weight is 277 g/mol. The van der Waals surface area contributed by atoms with E-state index < -0.39 is 21.0 Å². The minimum atomic E-state index is -3.88. The SMILES string of the molecule is CNC(=O)C(C)S(=O)(=O)c1c(N)cccc1Cl. The van der Waals surface area contributed by atoms with Crippen molar-refractivity contribution in [3.8, 4) is 0 Å². The molecular weight excluding hydrogens is 264 g/mol. The molecule has 17 heavy (non-hydrogen) atoms. The predicted octanol–water partition coefficient (Wildman–Crippen LogP) is 0.830. The summed E-state index contributed by atoms with van der Waals surface area (Å²) in [6.07, 6.45) is 0. The van der Waals surface area contributed by atoms with Crippen LogP contribution in [-0.4, -0.2) is 26.6 Å². The Hall–Kier alpha value is -1.27. The van der Waals surface area contributed by atoms with E-state index in [9.17, 15) is 13.2 Å². The van der Waals surface area contributed by atoms with Crippen LogP contribution in [-0.2, 0) is 14.6 Å². The third kappa shape index (κ3) is 2.53. The zero-order chi connectivity index (χ0) is 13.2. The van der Waals surface area contributed by atoms with Crippen molar-refractivity contribution in [2.45, 2.75) is 17.1 Å². The van der Waals surface area contributed by atoms with Crippen LogP contribution in [0.5, 0.6) is 0 Å². The van der Waals surface area contributed by atoms with Gasteiger partial charge in [0.15, 0.2) is 9.84 Å². The van der Waals surface area contributed by atoms with Crippen LogP contribution >= 0.6 is 11.6 Å². The van der Waals surface area contributed by atoms with E-state index in [0.717, 1.165) is 0 Å². The molecule has 3 N–H and O–H groups in total. The smallest absolute Gasteiger partial charge is 0.238 e. The molecule has 1 aromatic rings. The van der Waals surface area contributed by atoms with Gasteiger partial charge in [-0.2, -0.15) is 0 Å². The first kappa shape index (κ1) is 13.8. The highest BCUT2D eigenvalue weighted by molar-refractivity contribution is 7.93. The molecule has 0 aromatic heterocycles. The van der Waals surface area contributed by atoms with E-state index in [1.54, 1.807) is 6.07 Å². The number of carbonyl (C=O) groups excluding carboxylic acids is 1. The van der Waals surface area contributed by atoms with Gasteiger partial charge >= 0.3 is 0 Å². The first-order valence-electron chi connectivity index (χ1n) is 4.81. The van der Waals surface area contributed by atoms with Crippen molar-refractivity contribution in [3.63, 3.8) is 0 Å². The van der Waals surface area contributed by atoms with Crippen LogP contribution in [0.4, 0.5) is 5.69 Å². The predicted molar refractivity (Wildman–Crippen MR) is 66.6 cm³/mol. The second-order valence-corrected chi connectivity index (χ2v) is 6.07. The van der Waals surface area contributed by atoms with Crippen LogP contribution in [0.25, 0.3) is 0 Å². The largest absolute Gasteiger partial charge is 0.398 e. The van der Waals surface area contributed by atoms with Crippen molar-refractivity contribution in [3.05, 3.63) is 23.2 Å². The number of nitrogen functional groups attached to an aromatic ring is 1. The molecule has 0 aliphatic rings. The molecule has 0 spiro atoms. The summed E-state index contributed by atoms with van der Waals surface area (Å²) in [6.45, 7) is 1.29. The van der Waals surface area contributed by atoms with Crippen molar-refractivity contribution in [2.75, 3.05) is 12.8 Å². The molecule has 0 saturated carbocycles. The molecule has 94 valence electrons. The van der Waals surface area contributed by atoms with Gasteiger partial charge in [0.25, 0.3) is 0 Å². The maximum Gasteiger partial charge on any atom is 0.238 e. The van der Waals surface area contributed by atoms with Crippen LogP contribution in [0.15, 0.2) is 23.1 Å². The highest BCUT2D eigenvalue weighted by Crippen LogP contribution is 2.30. The Morgan fingerprint density at radius 3 is 2.53 bits per heavy atom. The van der Waals surface area contributed by atoms with Crippen molar-refractivity contribution < 1.29 is 13.2 Å². The van der Waals surface area contributed by atoms with Crippen molar-refractivity contribution in [1.29, 1.82) is 0 Å². The zero-order valence-electron chi connectivity index (χ0n) is 9.40. The summed E-state index contributed by atoms with van der Waals surface area (Å²) in [5, 5.41) is 1.05. The van der Waals surface area contributed by atoms with Gasteiger partial charge in [0.2, 0.25) is 5.91 Å². The standard InChI is InChI=1S/C10H13ClN2O3S/c1-6(10(14)13-2)17(15,16)9-7(11)4-3-5-8(9)12/h3-6H,12H2,1-2H3,(H,13,14). The molecule has 0 aliphatic heterocycles. The lowest BCUT2D eigenvalue weighted by Crippen LogP contribution is -2.36. The van der Waals surface area contributed by atoms with Gasteiger partial charge in [-0.15, -0.1) is 0 Å². The van der Waals surface area contributed by atoms with E-state index in [4.69, 9.17) is 17.3 Å². The maximum absolute atomic E-state index is 12.1. The number of nitrogens with one attached hydrogen (secondary N) is 1. The Kier molecular flexibility index (Phi) is 4.00. The van der Waals surface area contributed by atoms with Gasteiger partial charge in [0.1, 0.15) is 10.1 Å². The maximum atomic E-state index is 12.1. The number of anilines is 1. The lowest BCUT2D eigenvalue weighted by Gasteiger charge is -2.14. The Bertz CT molecular complexity index is 522. The van der Waals surface area contributed by atoms with Crippen LogP contribution in [0.3, 0.4) is 0 Å². The van der Waals surface area contributed by atoms with Crippen molar-refractivity contribution in [1.82, 2.24) is 5.32 Å². The molecular formula is C10H13ClN2O3S. The molecule has 1 rings (SSSR count). The Labute approximate surface area is 105 Å². The quantitative estimate of drug-likeness (QED) is 0.800. The molecule has 1 unspecified atom stereocenters. The topological polar surface area (TPSA) is 89.3 Å². The minimum absolute atomic E-state index is 0.0146. The molecule has 0 heterocycles. The summed E-state index contributed by atoms with van der Waals surface area (Å²) in [4.78, 5) is 11.2. The molecule has 0 bridgehead atoms. The number of carbonyl (C=O) groups is 1. The van der Waals surface area contributed by atoms with Crippen LogP contribution in [0.1, 0.15) is 6.92 Å². The monoisotopic (exact) mass is 276 g/mol. The van der Waals surface area contributed by atoms with E-state index in [2.05, 4.69) is 5.32 Å². The molecule has 5 nitrogen and oxygen atoms in total. The lowest BCUT2D eigenvalue weighted by molar-refractivity contribution is -0.119. The van der Waals surface area contributed by atoms with E-state index in [-0.39, 0.29) is 15.6 Å². The summed E-state index contributed by atoms with van der Waals surface area (Å²) in [5.74, 6) is -0.607. The summed E-state index contributed by atoms with van der Waals surface area (Å²) < 4.78 is 24.3. The Morgan fingerprint density at radius 1 is 1.47 bits per heavy atom. The number of nitrogens with two attached hydrogens (primary N) is 1. The van der Waals surface area contributed by atoms with Crippen LogP contribution in [0, 0.1) is 0 Å². The first-order valence-corrected chi connectivity index (χ1v) is 6.74. The number of benzene rings is 1. The van der Waals surface area contributed by atoms with Gasteiger partial charge in [-0.1, -0.05) is 17.7 Å². The van der Waals surface area contributed by atoms with Gasteiger partial charge in [0, 0.05) is 7.05 Å². The molecule has 1 amide bonds. The highest BCUT2D eigenvalue weighted by Gasteiger charge is 2.32. The Balaban J connectivity index is 3.37. The average Bonchev–Trinajstić information content (AvgIpc) is 2.26. The van der Waals surface area contributed by atoms with Gasteiger partial charge in [-0.05, 0) is 19.1 Å². The van der Waals surface area contributed by atoms with E-state index in [1.165, 1.54) is 26.1 Å². The third-order valence-corrected chi connectivity index (χ3v) is 4.96. The fourth-order valence-corrected chi connectivity index (χ4v) is 3.34. The minimum Gasteiger partial charge on any atom is -0.398 e. The lowest BCUT2D eigenvalue weighted by atomic mass is 10.3. The fraction of sp³-hybridized carbons (Fsp3) is 0.300. The van der Waals surface area contributed by atoms with Crippen molar-refractivity contribution >= 4 is 33.0 Å². The van der Waals surface area contributed by atoms with Gasteiger partial charge in [0.05, 0.1) is 10.7 Å². The molecule has 1 atom stereocenters. The van der Waals surface area contributed by atoms with E-state index >= 15 is 0 Å². The second kappa shape index (κ2) is 4.93. The van der Waals surface area contributed by atoms with Gasteiger partial charge in [-0.3, -0.25) is 4.79 Å². The molecule has 0 fully saturated rings. The summed E-state index contributed by atoms with van der Waals surface area (Å²) >= 11 is 5.82. The van der Waals surface area contributed by atoms with Crippen molar-refractivity contribution in [2.24, 2.45) is 0 Å². The van der Waals surface area contributed by atoms with Crippen LogP contribution < -0.4 is 11.1 Å². The summed E-state index contributed by atoms with van der Waals surface area (Å²) in [5.41, 5.74) is 5.63. The van der Waals surface area contributed by atoms with E-state index in [1.807, 2.05) is 0 Å². The van der Waals surface area contributed by atoms with Crippen LogP contribution in [0.2, 0.25) is 5.02 Å². The number of rotatable bonds is 3. The molecule has 0 aliphatic carbocycles. The summed E-state index contributed by atoms with van der Waals surface area (Å²) in [7, 11) is -2.52. The van der Waals surface area contributed by atoms with E-state index in [0.29, 0.717) is 0 Å². The number of hydrogen-bond acceptors (Lipinski definition) is 4.